The van der Waals surface area contributed by atoms with Gasteiger partial charge in [-0.2, -0.15) is 13.2 Å². The fourth-order valence-corrected chi connectivity index (χ4v) is 4.13. The zero-order valence-corrected chi connectivity index (χ0v) is 15.2. The summed E-state index contributed by atoms with van der Waals surface area (Å²) < 4.78 is 59.1. The fraction of sp³-hybridized carbons (Fsp3) is 0.333. The number of phenolic OH excluding ortho intramolecular Hbond substituents is 1. The highest BCUT2D eigenvalue weighted by Crippen LogP contribution is 2.42. The quantitative estimate of drug-likeness (QED) is 0.659. The van der Waals surface area contributed by atoms with E-state index < -0.39 is 28.8 Å². The minimum atomic E-state index is -4.60. The molecule has 0 radical (unpaired) electrons. The second-order valence-electron chi connectivity index (χ2n) is 6.29. The van der Waals surface area contributed by atoms with E-state index in [1.807, 2.05) is 4.90 Å². The number of hydrogen-bond donors (Lipinski definition) is 1. The van der Waals surface area contributed by atoms with E-state index in [9.17, 15) is 22.7 Å². The van der Waals surface area contributed by atoms with Crippen molar-refractivity contribution in [2.45, 2.75) is 12.2 Å². The summed E-state index contributed by atoms with van der Waals surface area (Å²) in [5.41, 5.74) is 0.195. The van der Waals surface area contributed by atoms with E-state index in [1.165, 1.54) is 30.5 Å². The molecule has 2 aromatic heterocycles. The number of ether oxygens (including phenoxy) is 1. The van der Waals surface area contributed by atoms with Crippen LogP contribution in [0.15, 0.2) is 30.5 Å². The number of benzene rings is 1. The van der Waals surface area contributed by atoms with Gasteiger partial charge in [0.25, 0.3) is 0 Å². The molecule has 0 spiro atoms. The van der Waals surface area contributed by atoms with Crippen molar-refractivity contribution in [2.24, 2.45) is 0 Å². The number of aromatic nitrogens is 2. The summed E-state index contributed by atoms with van der Waals surface area (Å²) in [6, 6.07) is 4.91. The summed E-state index contributed by atoms with van der Waals surface area (Å²) in [6.07, 6.45) is -3.17. The Morgan fingerprint density at radius 2 is 1.93 bits per heavy atom. The van der Waals surface area contributed by atoms with Crippen LogP contribution in [0.2, 0.25) is 0 Å². The van der Waals surface area contributed by atoms with Gasteiger partial charge in [-0.3, -0.25) is 9.88 Å². The molecule has 1 unspecified atom stereocenters. The molecule has 3 heterocycles. The van der Waals surface area contributed by atoms with E-state index in [0.29, 0.717) is 37.6 Å². The maximum Gasteiger partial charge on any atom is 0.443 e. The van der Waals surface area contributed by atoms with E-state index in [2.05, 4.69) is 9.97 Å². The zero-order valence-electron chi connectivity index (χ0n) is 14.4. The van der Waals surface area contributed by atoms with Crippen molar-refractivity contribution in [1.29, 1.82) is 0 Å². The number of hydrogen-bond acceptors (Lipinski definition) is 6. The van der Waals surface area contributed by atoms with Crippen molar-refractivity contribution in [3.05, 3.63) is 52.5 Å². The van der Waals surface area contributed by atoms with Crippen LogP contribution in [0.3, 0.4) is 0 Å². The first kappa shape index (κ1) is 19.0. The van der Waals surface area contributed by atoms with Crippen LogP contribution in [0.25, 0.3) is 10.2 Å². The molecule has 1 saturated heterocycles. The lowest BCUT2D eigenvalue weighted by atomic mass is 9.98. The van der Waals surface area contributed by atoms with Crippen LogP contribution in [0.5, 0.6) is 5.75 Å². The van der Waals surface area contributed by atoms with Gasteiger partial charge in [0.05, 0.1) is 29.6 Å². The summed E-state index contributed by atoms with van der Waals surface area (Å²) in [6.45, 7) is 1.76. The molecule has 0 bridgehead atoms. The molecular formula is C18H15F4N3O2S. The lowest BCUT2D eigenvalue weighted by Gasteiger charge is -2.34. The van der Waals surface area contributed by atoms with Gasteiger partial charge >= 0.3 is 6.18 Å². The molecule has 1 aromatic carbocycles. The molecule has 1 N–H and O–H groups in total. The molecule has 148 valence electrons. The standard InChI is InChI=1S/C18H15F4N3O2S/c19-11-2-1-5-23-13(11)15(25-6-8-27-9-7-25)10-3-4-12-14(16(10)26)24-17(28-12)18(20,21)22/h1-5,15,26H,6-9H2. The van der Waals surface area contributed by atoms with Crippen molar-refractivity contribution >= 4 is 21.6 Å². The number of pyridine rings is 1. The Morgan fingerprint density at radius 3 is 2.61 bits per heavy atom. The number of halogens is 4. The Bertz CT molecular complexity index is 1000. The molecule has 0 saturated carbocycles. The number of thiazole rings is 1. The molecule has 0 aliphatic carbocycles. The van der Waals surface area contributed by atoms with Crippen LogP contribution in [0.4, 0.5) is 17.6 Å². The van der Waals surface area contributed by atoms with E-state index >= 15 is 0 Å². The molecule has 5 nitrogen and oxygen atoms in total. The van der Waals surface area contributed by atoms with Crippen LogP contribution in [-0.4, -0.2) is 46.3 Å². The molecule has 1 aliphatic rings. The van der Waals surface area contributed by atoms with Gasteiger partial charge in [0.1, 0.15) is 17.1 Å². The van der Waals surface area contributed by atoms with E-state index in [-0.39, 0.29) is 21.5 Å². The highest BCUT2D eigenvalue weighted by Gasteiger charge is 2.36. The van der Waals surface area contributed by atoms with Crippen LogP contribution in [0.1, 0.15) is 22.3 Å². The number of fused-ring (bicyclic) bond motifs is 1. The molecule has 1 aliphatic heterocycles. The van der Waals surface area contributed by atoms with Crippen molar-refractivity contribution in [1.82, 2.24) is 14.9 Å². The van der Waals surface area contributed by atoms with Crippen LogP contribution < -0.4 is 0 Å². The third-order valence-corrected chi connectivity index (χ3v) is 5.62. The first-order chi connectivity index (χ1) is 13.4. The molecule has 0 amide bonds. The first-order valence-electron chi connectivity index (χ1n) is 8.48. The van der Waals surface area contributed by atoms with Gasteiger partial charge in [-0.1, -0.05) is 6.07 Å². The van der Waals surface area contributed by atoms with Crippen molar-refractivity contribution in [2.75, 3.05) is 26.3 Å². The minimum absolute atomic E-state index is 0.0883. The SMILES string of the molecule is Oc1c(C(c2ncccc2F)N2CCOCC2)ccc2sc(C(F)(F)F)nc12. The number of alkyl halides is 3. The van der Waals surface area contributed by atoms with Crippen molar-refractivity contribution in [3.8, 4) is 5.75 Å². The van der Waals surface area contributed by atoms with Crippen molar-refractivity contribution < 1.29 is 27.4 Å². The molecule has 3 aromatic rings. The number of aromatic hydroxyl groups is 1. The second kappa shape index (κ2) is 7.26. The van der Waals surface area contributed by atoms with Gasteiger partial charge in [0.2, 0.25) is 0 Å². The van der Waals surface area contributed by atoms with Gasteiger partial charge in [0, 0.05) is 24.8 Å². The van der Waals surface area contributed by atoms with Gasteiger partial charge in [-0.15, -0.1) is 11.3 Å². The van der Waals surface area contributed by atoms with Crippen molar-refractivity contribution in [3.63, 3.8) is 0 Å². The van der Waals surface area contributed by atoms with Crippen LogP contribution in [0, 0.1) is 5.82 Å². The third-order valence-electron chi connectivity index (χ3n) is 4.56. The Labute approximate surface area is 161 Å². The predicted molar refractivity (Wildman–Crippen MR) is 94.7 cm³/mol. The van der Waals surface area contributed by atoms with Gasteiger partial charge in [-0.25, -0.2) is 9.37 Å². The number of morpholine rings is 1. The molecule has 1 fully saturated rings. The van der Waals surface area contributed by atoms with E-state index in [4.69, 9.17) is 4.74 Å². The summed E-state index contributed by atoms with van der Waals surface area (Å²) in [5, 5.41) is 9.71. The van der Waals surface area contributed by atoms with Gasteiger partial charge < -0.3 is 9.84 Å². The number of phenols is 1. The Hall–Kier alpha value is -2.30. The molecule has 1 atom stereocenters. The highest BCUT2D eigenvalue weighted by molar-refractivity contribution is 7.18. The minimum Gasteiger partial charge on any atom is -0.505 e. The summed E-state index contributed by atoms with van der Waals surface area (Å²) in [5.74, 6) is -0.960. The summed E-state index contributed by atoms with van der Waals surface area (Å²) in [7, 11) is 0. The summed E-state index contributed by atoms with van der Waals surface area (Å²) >= 11 is 0.454. The maximum absolute atomic E-state index is 14.5. The Kier molecular flexibility index (Phi) is 4.94. The number of rotatable bonds is 3. The van der Waals surface area contributed by atoms with E-state index in [0.717, 1.165) is 0 Å². The summed E-state index contributed by atoms with van der Waals surface area (Å²) in [4.78, 5) is 9.59. The topological polar surface area (TPSA) is 58.5 Å². The molecule has 10 heteroatoms. The molecule has 28 heavy (non-hydrogen) atoms. The normalized spacial score (nSPS) is 17.1. The smallest absolute Gasteiger partial charge is 0.443 e. The largest absolute Gasteiger partial charge is 0.505 e. The molecular weight excluding hydrogens is 398 g/mol. The average Bonchev–Trinajstić information content (AvgIpc) is 3.12. The van der Waals surface area contributed by atoms with Crippen LogP contribution in [-0.2, 0) is 10.9 Å². The molecule has 4 rings (SSSR count). The fourth-order valence-electron chi connectivity index (χ4n) is 3.29. The third kappa shape index (κ3) is 3.43. The monoisotopic (exact) mass is 413 g/mol. The maximum atomic E-state index is 14.5. The van der Waals surface area contributed by atoms with Crippen LogP contribution >= 0.6 is 11.3 Å². The lowest BCUT2D eigenvalue weighted by molar-refractivity contribution is -0.137. The number of nitrogens with zero attached hydrogens (tertiary/aromatic N) is 3. The first-order valence-corrected chi connectivity index (χ1v) is 9.29. The Morgan fingerprint density at radius 1 is 1.18 bits per heavy atom. The average molecular weight is 413 g/mol. The van der Waals surface area contributed by atoms with Gasteiger partial charge in [-0.05, 0) is 18.2 Å². The highest BCUT2D eigenvalue weighted by atomic mass is 32.1. The zero-order chi connectivity index (χ0) is 19.9. The second-order valence-corrected chi connectivity index (χ2v) is 7.32. The lowest BCUT2D eigenvalue weighted by Crippen LogP contribution is -2.40. The van der Waals surface area contributed by atoms with E-state index in [1.54, 1.807) is 0 Å². The Balaban J connectivity index is 1.87. The predicted octanol–water partition coefficient (Wildman–Crippen LogP) is 3.98. The van der Waals surface area contributed by atoms with Gasteiger partial charge in [0.15, 0.2) is 5.01 Å².